The van der Waals surface area contributed by atoms with Crippen LogP contribution in [0.5, 0.6) is 5.75 Å². The molecule has 0 radical (unpaired) electrons. The smallest absolute Gasteiger partial charge is 0.328 e. The van der Waals surface area contributed by atoms with Crippen molar-refractivity contribution in [1.29, 1.82) is 0 Å². The molecule has 88 valence electrons. The Bertz CT molecular complexity index is 571. The van der Waals surface area contributed by atoms with E-state index in [0.717, 1.165) is 6.08 Å². The largest absolute Gasteiger partial charge is 0.491 e. The lowest BCUT2D eigenvalue weighted by Crippen LogP contribution is -1.91. The Morgan fingerprint density at radius 1 is 1.59 bits per heavy atom. The second kappa shape index (κ2) is 4.69. The van der Waals surface area contributed by atoms with Gasteiger partial charge >= 0.3 is 5.97 Å². The van der Waals surface area contributed by atoms with Gasteiger partial charge in [0.05, 0.1) is 6.61 Å². The number of oxazole rings is 1. The number of carbonyl (C=O) groups is 1. The van der Waals surface area contributed by atoms with Crippen molar-refractivity contribution < 1.29 is 19.1 Å². The minimum absolute atomic E-state index is 0.245. The molecule has 0 saturated carbocycles. The predicted molar refractivity (Wildman–Crippen MR) is 61.8 cm³/mol. The summed E-state index contributed by atoms with van der Waals surface area (Å²) in [6.07, 6.45) is 2.28. The fraction of sp³-hybridized carbons (Fsp3) is 0.167. The standard InChI is InChI=1S/C12H11NO4/c1-2-16-8-4-3-5-9-12(8)13-10(17-9)6-7-11(14)15/h3-7H,2H2,1H3,(H,14,15)/b7-6+. The van der Waals surface area contributed by atoms with Crippen LogP contribution in [0.2, 0.25) is 0 Å². The topological polar surface area (TPSA) is 72.6 Å². The number of aromatic nitrogens is 1. The van der Waals surface area contributed by atoms with Crippen molar-refractivity contribution in [2.24, 2.45) is 0 Å². The van der Waals surface area contributed by atoms with Gasteiger partial charge in [0.2, 0.25) is 5.89 Å². The van der Waals surface area contributed by atoms with Crippen molar-refractivity contribution in [2.45, 2.75) is 6.92 Å². The van der Waals surface area contributed by atoms with E-state index in [4.69, 9.17) is 14.3 Å². The molecule has 2 aromatic rings. The highest BCUT2D eigenvalue weighted by molar-refractivity contribution is 5.86. The molecule has 5 heteroatoms. The van der Waals surface area contributed by atoms with Gasteiger partial charge in [-0.3, -0.25) is 0 Å². The molecule has 1 heterocycles. The number of hydrogen-bond acceptors (Lipinski definition) is 4. The highest BCUT2D eigenvalue weighted by Crippen LogP contribution is 2.26. The third-order valence-electron chi connectivity index (χ3n) is 2.07. The molecule has 17 heavy (non-hydrogen) atoms. The molecule has 0 amide bonds. The van der Waals surface area contributed by atoms with Gasteiger partial charge < -0.3 is 14.3 Å². The summed E-state index contributed by atoms with van der Waals surface area (Å²) in [7, 11) is 0. The minimum atomic E-state index is -1.04. The number of carboxylic acid groups (broad SMARTS) is 1. The third-order valence-corrected chi connectivity index (χ3v) is 2.07. The molecular formula is C12H11NO4. The van der Waals surface area contributed by atoms with Crippen molar-refractivity contribution in [3.8, 4) is 5.75 Å². The molecule has 0 fully saturated rings. The van der Waals surface area contributed by atoms with Gasteiger partial charge in [0.25, 0.3) is 0 Å². The van der Waals surface area contributed by atoms with E-state index in [-0.39, 0.29) is 5.89 Å². The Morgan fingerprint density at radius 3 is 3.12 bits per heavy atom. The first-order valence-electron chi connectivity index (χ1n) is 5.14. The van der Waals surface area contributed by atoms with Crippen LogP contribution in [0.3, 0.4) is 0 Å². The summed E-state index contributed by atoms with van der Waals surface area (Å²) in [4.78, 5) is 14.5. The van der Waals surface area contributed by atoms with E-state index in [2.05, 4.69) is 4.98 Å². The fourth-order valence-electron chi connectivity index (χ4n) is 1.43. The number of aliphatic carboxylic acids is 1. The van der Waals surface area contributed by atoms with Gasteiger partial charge in [-0.15, -0.1) is 0 Å². The number of rotatable bonds is 4. The molecule has 0 atom stereocenters. The van der Waals surface area contributed by atoms with Crippen LogP contribution in [-0.2, 0) is 4.79 Å². The summed E-state index contributed by atoms with van der Waals surface area (Å²) in [5, 5.41) is 8.51. The number of benzene rings is 1. The van der Waals surface area contributed by atoms with Gasteiger partial charge in [-0.1, -0.05) is 6.07 Å². The Kier molecular flexibility index (Phi) is 3.09. The average molecular weight is 233 g/mol. The highest BCUT2D eigenvalue weighted by Gasteiger charge is 2.08. The van der Waals surface area contributed by atoms with E-state index in [9.17, 15) is 4.79 Å². The van der Waals surface area contributed by atoms with E-state index in [1.807, 2.05) is 6.92 Å². The minimum Gasteiger partial charge on any atom is -0.491 e. The zero-order valence-corrected chi connectivity index (χ0v) is 9.21. The number of ether oxygens (including phenoxy) is 1. The van der Waals surface area contributed by atoms with Crippen LogP contribution in [-0.4, -0.2) is 22.7 Å². The van der Waals surface area contributed by atoms with Gasteiger partial charge in [-0.25, -0.2) is 9.78 Å². The summed E-state index contributed by atoms with van der Waals surface area (Å²) in [6, 6.07) is 5.34. The molecule has 5 nitrogen and oxygen atoms in total. The first kappa shape index (κ1) is 11.2. The van der Waals surface area contributed by atoms with Crippen LogP contribution in [0.4, 0.5) is 0 Å². The molecule has 0 aliphatic carbocycles. The zero-order valence-electron chi connectivity index (χ0n) is 9.21. The second-order valence-electron chi connectivity index (χ2n) is 3.26. The lowest BCUT2D eigenvalue weighted by atomic mass is 10.3. The molecule has 0 bridgehead atoms. The Hall–Kier alpha value is -2.30. The van der Waals surface area contributed by atoms with Crippen molar-refractivity contribution in [2.75, 3.05) is 6.61 Å². The number of carboxylic acids is 1. The molecule has 1 aromatic carbocycles. The summed E-state index contributed by atoms with van der Waals surface area (Å²) < 4.78 is 10.8. The first-order chi connectivity index (χ1) is 8.20. The second-order valence-corrected chi connectivity index (χ2v) is 3.26. The van der Waals surface area contributed by atoms with Crippen LogP contribution in [0.1, 0.15) is 12.8 Å². The summed E-state index contributed by atoms with van der Waals surface area (Å²) in [5.41, 5.74) is 1.17. The van der Waals surface area contributed by atoms with E-state index < -0.39 is 5.97 Å². The van der Waals surface area contributed by atoms with Crippen LogP contribution in [0.25, 0.3) is 17.2 Å². The van der Waals surface area contributed by atoms with Gasteiger partial charge in [0, 0.05) is 12.2 Å². The Labute approximate surface area is 97.3 Å². The Morgan fingerprint density at radius 2 is 2.41 bits per heavy atom. The predicted octanol–water partition coefficient (Wildman–Crippen LogP) is 2.32. The maximum atomic E-state index is 10.4. The molecule has 0 unspecified atom stereocenters. The molecule has 1 aromatic heterocycles. The molecule has 0 spiro atoms. The molecule has 0 aliphatic heterocycles. The zero-order chi connectivity index (χ0) is 12.3. The van der Waals surface area contributed by atoms with Gasteiger partial charge in [-0.2, -0.15) is 0 Å². The van der Waals surface area contributed by atoms with Crippen molar-refractivity contribution in [3.05, 3.63) is 30.2 Å². The van der Waals surface area contributed by atoms with E-state index in [1.54, 1.807) is 18.2 Å². The van der Waals surface area contributed by atoms with E-state index in [1.165, 1.54) is 6.08 Å². The SMILES string of the molecule is CCOc1cccc2oc(/C=C/C(=O)O)nc12. The number of fused-ring (bicyclic) bond motifs is 1. The number of para-hydroxylation sites is 1. The third kappa shape index (κ3) is 2.44. The summed E-state index contributed by atoms with van der Waals surface area (Å²) >= 11 is 0. The van der Waals surface area contributed by atoms with Gasteiger partial charge in [0.1, 0.15) is 5.75 Å². The van der Waals surface area contributed by atoms with Gasteiger partial charge in [0.15, 0.2) is 11.1 Å². The molecule has 1 N–H and O–H groups in total. The van der Waals surface area contributed by atoms with Crippen molar-refractivity contribution in [1.82, 2.24) is 4.98 Å². The van der Waals surface area contributed by atoms with E-state index >= 15 is 0 Å². The molecule has 0 saturated heterocycles. The Balaban J connectivity index is 2.42. The monoisotopic (exact) mass is 233 g/mol. The van der Waals surface area contributed by atoms with E-state index in [0.29, 0.717) is 23.5 Å². The average Bonchev–Trinajstić information content (AvgIpc) is 2.71. The highest BCUT2D eigenvalue weighted by atomic mass is 16.5. The molecule has 0 aliphatic rings. The van der Waals surface area contributed by atoms with Crippen molar-refractivity contribution >= 4 is 23.1 Å². The lowest BCUT2D eigenvalue weighted by molar-refractivity contribution is -0.131. The fourth-order valence-corrected chi connectivity index (χ4v) is 1.43. The van der Waals surface area contributed by atoms with Crippen LogP contribution >= 0.6 is 0 Å². The molecule has 2 rings (SSSR count). The summed E-state index contributed by atoms with van der Waals surface area (Å²) in [5.74, 6) is -0.171. The first-order valence-corrected chi connectivity index (χ1v) is 5.14. The molecular weight excluding hydrogens is 222 g/mol. The quantitative estimate of drug-likeness (QED) is 0.820. The number of hydrogen-bond donors (Lipinski definition) is 1. The van der Waals surface area contributed by atoms with Gasteiger partial charge in [-0.05, 0) is 19.1 Å². The summed E-state index contributed by atoms with van der Waals surface area (Å²) in [6.45, 7) is 2.41. The van der Waals surface area contributed by atoms with Crippen molar-refractivity contribution in [3.63, 3.8) is 0 Å². The number of nitrogens with zero attached hydrogens (tertiary/aromatic N) is 1. The van der Waals surface area contributed by atoms with Crippen LogP contribution in [0.15, 0.2) is 28.7 Å². The normalized spacial score (nSPS) is 11.1. The lowest BCUT2D eigenvalue weighted by Gasteiger charge is -2.01. The van der Waals surface area contributed by atoms with Crippen LogP contribution in [0, 0.1) is 0 Å². The maximum absolute atomic E-state index is 10.4. The maximum Gasteiger partial charge on any atom is 0.328 e. The van der Waals surface area contributed by atoms with Crippen LogP contribution < -0.4 is 4.74 Å².